The van der Waals surface area contributed by atoms with E-state index in [-0.39, 0.29) is 0 Å². The Morgan fingerprint density at radius 1 is 0.404 bits per heavy atom. The van der Waals surface area contributed by atoms with Gasteiger partial charge in [-0.2, -0.15) is 0 Å². The number of benzene rings is 9. The highest BCUT2D eigenvalue weighted by molar-refractivity contribution is 6.29. The summed E-state index contributed by atoms with van der Waals surface area (Å²) in [4.78, 5) is 11.1. The van der Waals surface area contributed by atoms with Gasteiger partial charge < -0.3 is 8.98 Å². The molecule has 0 aliphatic rings. The minimum atomic E-state index is 0.626. The average molecular weight is 727 g/mol. The first kappa shape index (κ1) is 30.6. The minimum Gasteiger partial charge on any atom is -0.455 e. The molecule has 57 heavy (non-hydrogen) atoms. The van der Waals surface area contributed by atoms with Gasteiger partial charge in [-0.15, -0.1) is 0 Å². The molecule has 9 aromatic carbocycles. The predicted molar refractivity (Wildman–Crippen MR) is 236 cm³/mol. The van der Waals surface area contributed by atoms with Crippen LogP contribution in [0.5, 0.6) is 0 Å². The molecule has 5 nitrogen and oxygen atoms in total. The van der Waals surface area contributed by atoms with E-state index in [0.29, 0.717) is 5.95 Å². The van der Waals surface area contributed by atoms with Gasteiger partial charge in [0.1, 0.15) is 11.2 Å². The van der Waals surface area contributed by atoms with Crippen LogP contribution in [0.15, 0.2) is 186 Å². The van der Waals surface area contributed by atoms with E-state index in [0.717, 1.165) is 104 Å². The summed E-state index contributed by atoms with van der Waals surface area (Å²) >= 11 is 0. The largest absolute Gasteiger partial charge is 0.455 e. The molecule has 13 rings (SSSR count). The standard InChI is InChI=1S/C52H30N4O/c1-2-14-33(15-3-1)47-42-25-23-32-13-6-7-17-36(32)48(42)54-52(53-47)56-43-20-10-8-18-37(43)39-26-27-41-46-44(29-28-40-38-19-9-11-21-45(38)57-51(40)46)55(50(41)49(39)56)35-24-22-31-12-4-5-16-34(31)30-35/h1-30H. The van der Waals surface area contributed by atoms with Crippen molar-refractivity contribution >= 4 is 98.0 Å². The predicted octanol–water partition coefficient (Wildman–Crippen LogP) is 13.7. The summed E-state index contributed by atoms with van der Waals surface area (Å²) in [5, 5.41) is 12.3. The lowest BCUT2D eigenvalue weighted by molar-refractivity contribution is 0.673. The van der Waals surface area contributed by atoms with Crippen molar-refractivity contribution in [2.24, 2.45) is 0 Å². The molecule has 0 unspecified atom stereocenters. The Hall–Kier alpha value is -7.76. The summed E-state index contributed by atoms with van der Waals surface area (Å²) in [7, 11) is 0. The van der Waals surface area contributed by atoms with Gasteiger partial charge in [-0.25, -0.2) is 9.97 Å². The lowest BCUT2D eigenvalue weighted by Crippen LogP contribution is -2.05. The molecule has 13 aromatic rings. The number of hydrogen-bond acceptors (Lipinski definition) is 3. The molecular weight excluding hydrogens is 697 g/mol. The molecule has 0 atom stereocenters. The third-order valence-electron chi connectivity index (χ3n) is 11.9. The van der Waals surface area contributed by atoms with E-state index in [1.54, 1.807) is 0 Å². The fourth-order valence-electron chi connectivity index (χ4n) is 9.37. The number of nitrogens with zero attached hydrogens (tertiary/aromatic N) is 4. The minimum absolute atomic E-state index is 0.626. The molecule has 0 radical (unpaired) electrons. The summed E-state index contributed by atoms with van der Waals surface area (Å²) in [5.74, 6) is 0.626. The normalized spacial score (nSPS) is 12.2. The Morgan fingerprint density at radius 3 is 1.96 bits per heavy atom. The molecule has 264 valence electrons. The van der Waals surface area contributed by atoms with E-state index in [1.807, 2.05) is 6.07 Å². The molecule has 0 spiro atoms. The summed E-state index contributed by atoms with van der Waals surface area (Å²) in [5.41, 5.74) is 9.95. The summed E-state index contributed by atoms with van der Waals surface area (Å²) < 4.78 is 11.5. The third-order valence-corrected chi connectivity index (χ3v) is 11.9. The molecule has 0 aliphatic heterocycles. The molecule has 0 N–H and O–H groups in total. The quantitative estimate of drug-likeness (QED) is 0.170. The lowest BCUT2D eigenvalue weighted by Gasteiger charge is -2.15. The zero-order valence-electron chi connectivity index (χ0n) is 30.5. The van der Waals surface area contributed by atoms with Gasteiger partial charge in [0.2, 0.25) is 5.95 Å². The second kappa shape index (κ2) is 11.4. The van der Waals surface area contributed by atoms with Gasteiger partial charge >= 0.3 is 0 Å². The third kappa shape index (κ3) is 4.23. The Labute approximate surface area is 325 Å². The maximum Gasteiger partial charge on any atom is 0.235 e. The Balaban J connectivity index is 1.26. The van der Waals surface area contributed by atoms with Crippen LogP contribution in [0.4, 0.5) is 0 Å². The van der Waals surface area contributed by atoms with Crippen molar-refractivity contribution < 1.29 is 4.42 Å². The maximum absolute atomic E-state index is 6.79. The van der Waals surface area contributed by atoms with Gasteiger partial charge in [0.05, 0.1) is 38.7 Å². The zero-order chi connectivity index (χ0) is 37.2. The summed E-state index contributed by atoms with van der Waals surface area (Å²) in [6.45, 7) is 0. The van der Waals surface area contributed by atoms with Crippen LogP contribution in [0.25, 0.3) is 121 Å². The number of hydrogen-bond donors (Lipinski definition) is 0. The summed E-state index contributed by atoms with van der Waals surface area (Å²) in [6.07, 6.45) is 0. The van der Waals surface area contributed by atoms with Crippen LogP contribution < -0.4 is 0 Å². The van der Waals surface area contributed by atoms with Crippen molar-refractivity contribution in [3.05, 3.63) is 182 Å². The van der Waals surface area contributed by atoms with Crippen LogP contribution in [0.1, 0.15) is 0 Å². The zero-order valence-corrected chi connectivity index (χ0v) is 30.5. The number of para-hydroxylation sites is 2. The van der Waals surface area contributed by atoms with Crippen LogP contribution >= 0.6 is 0 Å². The fraction of sp³-hybridized carbons (Fsp3) is 0. The van der Waals surface area contributed by atoms with E-state index in [1.165, 1.54) is 10.8 Å². The van der Waals surface area contributed by atoms with Crippen LogP contribution in [-0.2, 0) is 0 Å². The fourth-order valence-corrected chi connectivity index (χ4v) is 9.37. The Bertz CT molecular complexity index is 3810. The maximum atomic E-state index is 6.79. The SMILES string of the molecule is c1ccc(-c2nc(-n3c4ccccc4c4ccc5c6c7oc8ccccc8c7ccc6n(-c6ccc7ccccc7c6)c5c43)nc3c2ccc2ccccc23)cc1. The highest BCUT2D eigenvalue weighted by Crippen LogP contribution is 2.45. The molecule has 0 fully saturated rings. The van der Waals surface area contributed by atoms with Crippen molar-refractivity contribution in [2.45, 2.75) is 0 Å². The highest BCUT2D eigenvalue weighted by atomic mass is 16.3. The molecule has 0 bridgehead atoms. The highest BCUT2D eigenvalue weighted by Gasteiger charge is 2.25. The second-order valence-corrected chi connectivity index (χ2v) is 14.9. The van der Waals surface area contributed by atoms with Gasteiger partial charge in [-0.3, -0.25) is 4.57 Å². The first-order valence-electron chi connectivity index (χ1n) is 19.3. The van der Waals surface area contributed by atoms with Crippen LogP contribution in [0, 0.1) is 0 Å². The van der Waals surface area contributed by atoms with Crippen LogP contribution in [-0.4, -0.2) is 19.1 Å². The van der Waals surface area contributed by atoms with Gasteiger partial charge in [-0.1, -0.05) is 140 Å². The molecule has 0 saturated carbocycles. The van der Waals surface area contributed by atoms with Crippen molar-refractivity contribution in [1.82, 2.24) is 19.1 Å². The smallest absolute Gasteiger partial charge is 0.235 e. The van der Waals surface area contributed by atoms with Crippen molar-refractivity contribution in [3.8, 4) is 22.9 Å². The van der Waals surface area contributed by atoms with E-state index in [4.69, 9.17) is 14.4 Å². The molecular formula is C52H30N4O. The van der Waals surface area contributed by atoms with Crippen molar-refractivity contribution in [3.63, 3.8) is 0 Å². The van der Waals surface area contributed by atoms with Crippen molar-refractivity contribution in [1.29, 1.82) is 0 Å². The van der Waals surface area contributed by atoms with Gasteiger partial charge in [0, 0.05) is 49.0 Å². The van der Waals surface area contributed by atoms with E-state index in [9.17, 15) is 0 Å². The number of rotatable bonds is 3. The molecule has 0 saturated heterocycles. The number of fused-ring (bicyclic) bond motifs is 15. The van der Waals surface area contributed by atoms with Crippen LogP contribution in [0.2, 0.25) is 0 Å². The number of furan rings is 1. The first-order chi connectivity index (χ1) is 28.3. The molecule has 5 heteroatoms. The van der Waals surface area contributed by atoms with Gasteiger partial charge in [0.25, 0.3) is 0 Å². The van der Waals surface area contributed by atoms with Gasteiger partial charge in [-0.05, 0) is 58.6 Å². The molecule has 4 aromatic heterocycles. The van der Waals surface area contributed by atoms with Crippen molar-refractivity contribution in [2.75, 3.05) is 0 Å². The molecule has 4 heterocycles. The molecule has 0 aliphatic carbocycles. The monoisotopic (exact) mass is 726 g/mol. The van der Waals surface area contributed by atoms with Gasteiger partial charge in [0.15, 0.2) is 0 Å². The van der Waals surface area contributed by atoms with E-state index < -0.39 is 0 Å². The number of aromatic nitrogens is 4. The Morgan fingerprint density at radius 2 is 1.07 bits per heavy atom. The topological polar surface area (TPSA) is 48.8 Å². The second-order valence-electron chi connectivity index (χ2n) is 14.9. The summed E-state index contributed by atoms with van der Waals surface area (Å²) in [6, 6.07) is 64.7. The molecule has 0 amide bonds. The van der Waals surface area contributed by atoms with Crippen LogP contribution in [0.3, 0.4) is 0 Å². The first-order valence-corrected chi connectivity index (χ1v) is 19.3. The Kier molecular flexibility index (Phi) is 6.10. The lowest BCUT2D eigenvalue weighted by atomic mass is 10.0. The van der Waals surface area contributed by atoms with E-state index in [2.05, 4.69) is 185 Å². The van der Waals surface area contributed by atoms with E-state index >= 15 is 0 Å². The average Bonchev–Trinajstić information content (AvgIpc) is 3.94.